The number of methoxy groups -OCH3 is 6. The Bertz CT molecular complexity index is 3050. The van der Waals surface area contributed by atoms with Gasteiger partial charge in [-0.05, 0) is 126 Å². The fraction of sp³-hybridized carbons (Fsp3) is 0.250. The third-order valence-corrected chi connectivity index (χ3v) is 12.4. The van der Waals surface area contributed by atoms with Crippen LogP contribution < -0.4 is 28.4 Å². The van der Waals surface area contributed by atoms with Crippen LogP contribution in [0.2, 0.25) is 0 Å². The minimum absolute atomic E-state index is 0.0965. The maximum absolute atomic E-state index is 6.26. The van der Waals surface area contributed by atoms with Crippen LogP contribution in [0.1, 0.15) is 52.7 Å². The van der Waals surface area contributed by atoms with Gasteiger partial charge in [-0.2, -0.15) is 0 Å². The molecule has 346 valence electrons. The van der Waals surface area contributed by atoms with E-state index in [1.165, 1.54) is 11.1 Å². The van der Waals surface area contributed by atoms with Crippen LogP contribution in [0.3, 0.4) is 0 Å². The van der Waals surface area contributed by atoms with Crippen molar-refractivity contribution in [3.8, 4) is 103 Å². The van der Waals surface area contributed by atoms with Gasteiger partial charge in [0.15, 0.2) is 23.0 Å². The average molecular weight is 911 g/mol. The molecule has 7 aromatic carbocycles. The van der Waals surface area contributed by atoms with E-state index in [1.54, 1.807) is 66.9 Å². The van der Waals surface area contributed by atoms with Crippen molar-refractivity contribution >= 4 is 21.5 Å². The summed E-state index contributed by atoms with van der Waals surface area (Å²) in [4.78, 5) is 0. The lowest BCUT2D eigenvalue weighted by Crippen LogP contribution is -2.11. The highest BCUT2D eigenvalue weighted by atomic mass is 16.5. The maximum atomic E-state index is 6.26. The second kappa shape index (κ2) is 17.7. The molecule has 12 heteroatoms. The molecule has 2 heterocycles. The lowest BCUT2D eigenvalue weighted by Gasteiger charge is -2.25. The lowest BCUT2D eigenvalue weighted by molar-refractivity contribution is 0.324. The van der Waals surface area contributed by atoms with Gasteiger partial charge in [0.05, 0.1) is 42.7 Å². The van der Waals surface area contributed by atoms with Gasteiger partial charge in [0.25, 0.3) is 0 Å². The van der Waals surface area contributed by atoms with Gasteiger partial charge in [-0.1, -0.05) is 90.1 Å². The fourth-order valence-electron chi connectivity index (χ4n) is 8.66. The van der Waals surface area contributed by atoms with Gasteiger partial charge in [-0.3, -0.25) is 0 Å². The number of benzene rings is 7. The molecule has 0 radical (unpaired) electrons. The Morgan fingerprint density at radius 3 is 0.897 bits per heavy atom. The molecular weight excluding hydrogens is 857 g/mol. The van der Waals surface area contributed by atoms with Crippen molar-refractivity contribution < 1.29 is 37.3 Å². The number of ether oxygens (including phenoxy) is 6. The Labute approximate surface area is 395 Å². The molecule has 68 heavy (non-hydrogen) atoms. The summed E-state index contributed by atoms with van der Waals surface area (Å²) in [6.45, 7) is 13.5. The van der Waals surface area contributed by atoms with Gasteiger partial charge >= 0.3 is 0 Å². The zero-order valence-electron chi connectivity index (χ0n) is 40.4. The van der Waals surface area contributed by atoms with Crippen molar-refractivity contribution in [1.29, 1.82) is 0 Å². The lowest BCUT2D eigenvalue weighted by atomic mass is 9.79. The Morgan fingerprint density at radius 1 is 0.324 bits per heavy atom. The maximum Gasteiger partial charge on any atom is 0.248 e. The molecule has 9 aromatic rings. The van der Waals surface area contributed by atoms with E-state index in [4.69, 9.17) is 37.3 Å². The van der Waals surface area contributed by atoms with E-state index in [2.05, 4.69) is 123 Å². The summed E-state index contributed by atoms with van der Waals surface area (Å²) in [5, 5.41) is 22.2. The first-order chi connectivity index (χ1) is 32.7. The summed E-state index contributed by atoms with van der Waals surface area (Å²) in [7, 11) is 9.42. The van der Waals surface area contributed by atoms with Crippen molar-refractivity contribution in [3.05, 3.63) is 120 Å². The molecule has 0 amide bonds. The summed E-state index contributed by atoms with van der Waals surface area (Å²) >= 11 is 0. The summed E-state index contributed by atoms with van der Waals surface area (Å²) in [6, 6.07) is 37.7. The molecule has 0 N–H and O–H groups in total. The Kier molecular flexibility index (Phi) is 11.8. The number of hydrogen-bond donors (Lipinski definition) is 0. The van der Waals surface area contributed by atoms with E-state index in [-0.39, 0.29) is 10.8 Å². The Hall–Kier alpha value is -7.86. The van der Waals surface area contributed by atoms with E-state index in [9.17, 15) is 0 Å². The fourth-order valence-corrected chi connectivity index (χ4v) is 8.66. The molecule has 0 saturated heterocycles. The third-order valence-electron chi connectivity index (χ3n) is 12.4. The smallest absolute Gasteiger partial charge is 0.248 e. The molecule has 2 aromatic heterocycles. The topological polar surface area (TPSA) is 133 Å². The quantitative estimate of drug-likeness (QED) is 0.108. The van der Waals surface area contributed by atoms with Crippen molar-refractivity contribution in [1.82, 2.24) is 20.4 Å². The van der Waals surface area contributed by atoms with Crippen LogP contribution in [0.15, 0.2) is 118 Å². The molecule has 0 spiro atoms. The largest absolute Gasteiger partial charge is 0.493 e. The van der Waals surface area contributed by atoms with Crippen molar-refractivity contribution in [3.63, 3.8) is 0 Å². The molecule has 9 rings (SSSR count). The van der Waals surface area contributed by atoms with Crippen LogP contribution >= 0.6 is 0 Å². The molecule has 0 aliphatic carbocycles. The van der Waals surface area contributed by atoms with Crippen LogP contribution in [0.5, 0.6) is 34.5 Å². The first kappa shape index (κ1) is 45.3. The minimum atomic E-state index is -0.0965. The normalized spacial score (nSPS) is 11.8. The monoisotopic (exact) mass is 910 g/mol. The van der Waals surface area contributed by atoms with E-state index in [0.717, 1.165) is 54.9 Å². The summed E-state index contributed by atoms with van der Waals surface area (Å²) in [5.74, 6) is 4.35. The Morgan fingerprint density at radius 2 is 0.618 bits per heavy atom. The van der Waals surface area contributed by atoms with Gasteiger partial charge in [0.1, 0.15) is 0 Å². The van der Waals surface area contributed by atoms with Crippen molar-refractivity contribution in [2.24, 2.45) is 0 Å². The molecule has 0 aliphatic heterocycles. The van der Waals surface area contributed by atoms with Gasteiger partial charge < -0.3 is 37.3 Å². The molecule has 0 fully saturated rings. The molecule has 12 nitrogen and oxygen atoms in total. The second-order valence-electron chi connectivity index (χ2n) is 18.6. The zero-order chi connectivity index (χ0) is 48.1. The summed E-state index contributed by atoms with van der Waals surface area (Å²) in [6.07, 6.45) is 0. The van der Waals surface area contributed by atoms with Crippen LogP contribution in [0.25, 0.3) is 89.6 Å². The minimum Gasteiger partial charge on any atom is -0.493 e. The number of fused-ring (bicyclic) bond motifs is 2. The van der Waals surface area contributed by atoms with Crippen LogP contribution in [0.4, 0.5) is 0 Å². The SMILES string of the molecule is COc1cc(-c2nnc(-c3ccc(-c4c5ccc(C(C)(C)C)cc5c(-c5ccc(-c6nnc(-c7cc(OC)c(OC)c(OC)c7)o6)cc5)c5ccc(C(C)(C)C)cc45)cc3)o2)cc(OC)c1OC. The Balaban J connectivity index is 1.15. The van der Waals surface area contributed by atoms with E-state index >= 15 is 0 Å². The molecule has 0 unspecified atom stereocenters. The number of aromatic nitrogens is 4. The number of rotatable bonds is 12. The molecule has 0 bridgehead atoms. The van der Waals surface area contributed by atoms with Gasteiger partial charge in [0, 0.05) is 22.3 Å². The van der Waals surface area contributed by atoms with E-state index < -0.39 is 0 Å². The molecule has 0 atom stereocenters. The predicted octanol–water partition coefficient (Wildman–Crippen LogP) is 13.4. The average Bonchev–Trinajstić information content (AvgIpc) is 4.06. The highest BCUT2D eigenvalue weighted by Gasteiger charge is 2.25. The van der Waals surface area contributed by atoms with Crippen LogP contribution in [-0.4, -0.2) is 63.1 Å². The van der Waals surface area contributed by atoms with Crippen molar-refractivity contribution in [2.75, 3.05) is 42.7 Å². The highest BCUT2D eigenvalue weighted by molar-refractivity contribution is 6.21. The van der Waals surface area contributed by atoms with Crippen molar-refractivity contribution in [2.45, 2.75) is 52.4 Å². The third kappa shape index (κ3) is 8.20. The van der Waals surface area contributed by atoms with Gasteiger partial charge in [0.2, 0.25) is 35.1 Å². The standard InChI is InChI=1S/C56H54N4O8/c1-55(2,3)37-21-23-39-41(29-37)47(31-13-17-33(18-14-31)51-57-59-53(67-51)35-25-43(61-7)49(65-11)44(26-35)62-8)40-24-22-38(56(4,5)6)30-42(40)48(39)32-15-19-34(20-16-32)52-58-60-54(68-52)36-27-45(63-9)50(66-12)46(28-36)64-10/h13-30H,1-12H3. The second-order valence-corrected chi connectivity index (χ2v) is 18.6. The number of hydrogen-bond acceptors (Lipinski definition) is 12. The predicted molar refractivity (Wildman–Crippen MR) is 266 cm³/mol. The zero-order valence-corrected chi connectivity index (χ0v) is 40.4. The first-order valence-electron chi connectivity index (χ1n) is 22.2. The molecular formula is C56H54N4O8. The highest BCUT2D eigenvalue weighted by Crippen LogP contribution is 2.48. The van der Waals surface area contributed by atoms with Gasteiger partial charge in [-0.15, -0.1) is 20.4 Å². The first-order valence-corrected chi connectivity index (χ1v) is 22.2. The molecule has 0 aliphatic rings. The van der Waals surface area contributed by atoms with Gasteiger partial charge in [-0.25, -0.2) is 0 Å². The van der Waals surface area contributed by atoms with E-state index in [1.807, 2.05) is 24.3 Å². The van der Waals surface area contributed by atoms with E-state index in [0.29, 0.717) is 69.2 Å². The molecule has 0 saturated carbocycles. The van der Waals surface area contributed by atoms with Crippen LogP contribution in [-0.2, 0) is 10.8 Å². The number of nitrogens with zero attached hydrogens (tertiary/aromatic N) is 4. The summed E-state index contributed by atoms with van der Waals surface area (Å²) < 4.78 is 45.8. The van der Waals surface area contributed by atoms with Crippen LogP contribution in [0, 0.1) is 0 Å². The summed E-state index contributed by atoms with van der Waals surface area (Å²) in [5.41, 5.74) is 9.53.